The van der Waals surface area contributed by atoms with Crippen molar-refractivity contribution in [1.29, 1.82) is 0 Å². The number of benzene rings is 1. The molecular formula is C12H16Cl2N2O. The molecule has 17 heavy (non-hydrogen) atoms. The summed E-state index contributed by atoms with van der Waals surface area (Å²) in [6, 6.07) is 5.08. The highest BCUT2D eigenvalue weighted by Crippen LogP contribution is 2.30. The van der Waals surface area contributed by atoms with Crippen LogP contribution in [0, 0.1) is 0 Å². The maximum absolute atomic E-state index is 11.7. The van der Waals surface area contributed by atoms with Crippen LogP contribution >= 0.6 is 23.2 Å². The first-order valence-electron chi connectivity index (χ1n) is 5.19. The molecule has 1 aromatic carbocycles. The monoisotopic (exact) mass is 274 g/mol. The summed E-state index contributed by atoms with van der Waals surface area (Å²) in [5.41, 5.74) is 0.280. The zero-order valence-corrected chi connectivity index (χ0v) is 11.9. The molecule has 1 rings (SSSR count). The number of carbonyl (C=O) groups is 1. The van der Waals surface area contributed by atoms with Gasteiger partial charge in [0.15, 0.2) is 0 Å². The molecule has 0 aromatic heterocycles. The molecule has 0 saturated carbocycles. The molecular weight excluding hydrogens is 259 g/mol. The summed E-state index contributed by atoms with van der Waals surface area (Å²) in [6.45, 7) is 3.78. The van der Waals surface area contributed by atoms with Gasteiger partial charge in [-0.3, -0.25) is 0 Å². The summed E-state index contributed by atoms with van der Waals surface area (Å²) in [7, 11) is 3.38. The van der Waals surface area contributed by atoms with Crippen LogP contribution in [0.3, 0.4) is 0 Å². The third-order valence-corrected chi connectivity index (χ3v) is 2.98. The van der Waals surface area contributed by atoms with Crippen molar-refractivity contribution in [3.05, 3.63) is 33.8 Å². The summed E-state index contributed by atoms with van der Waals surface area (Å²) in [6.07, 6.45) is 0. The number of amides is 2. The summed E-state index contributed by atoms with van der Waals surface area (Å²) in [5, 5.41) is 4.01. The third-order valence-electron chi connectivity index (χ3n) is 2.43. The minimum absolute atomic E-state index is 0.166. The number of hydrogen-bond donors (Lipinski definition) is 1. The Labute approximate surface area is 112 Å². The third kappa shape index (κ3) is 3.51. The van der Waals surface area contributed by atoms with Gasteiger partial charge in [-0.25, -0.2) is 4.79 Å². The number of nitrogens with one attached hydrogen (secondary N) is 1. The van der Waals surface area contributed by atoms with Crippen molar-refractivity contribution in [3.8, 4) is 0 Å². The Morgan fingerprint density at radius 2 is 1.88 bits per heavy atom. The SMILES string of the molecule is CN(C)C(=O)NC(C)(C)c1ccc(Cl)cc1Cl. The Balaban J connectivity index is 3.00. The number of nitrogens with zero attached hydrogens (tertiary/aromatic N) is 1. The van der Waals surface area contributed by atoms with Gasteiger partial charge in [-0.2, -0.15) is 0 Å². The summed E-state index contributed by atoms with van der Waals surface area (Å²) >= 11 is 12.0. The smallest absolute Gasteiger partial charge is 0.317 e. The van der Waals surface area contributed by atoms with E-state index in [0.717, 1.165) is 5.56 Å². The lowest BCUT2D eigenvalue weighted by Gasteiger charge is -2.29. The summed E-state index contributed by atoms with van der Waals surface area (Å²) in [4.78, 5) is 13.1. The van der Waals surface area contributed by atoms with Gasteiger partial charge < -0.3 is 10.2 Å². The topological polar surface area (TPSA) is 32.3 Å². The van der Waals surface area contributed by atoms with Crippen LogP contribution < -0.4 is 5.32 Å². The lowest BCUT2D eigenvalue weighted by molar-refractivity contribution is 0.206. The maximum atomic E-state index is 11.7. The molecule has 5 heteroatoms. The second-order valence-electron chi connectivity index (χ2n) is 4.57. The van der Waals surface area contributed by atoms with Crippen LogP contribution in [0.5, 0.6) is 0 Å². The van der Waals surface area contributed by atoms with Crippen molar-refractivity contribution < 1.29 is 4.79 Å². The fourth-order valence-corrected chi connectivity index (χ4v) is 2.09. The number of hydrogen-bond acceptors (Lipinski definition) is 1. The number of halogens is 2. The molecule has 0 aliphatic rings. The second-order valence-corrected chi connectivity index (χ2v) is 5.42. The molecule has 0 aliphatic carbocycles. The predicted octanol–water partition coefficient (Wildman–Crippen LogP) is 3.50. The highest BCUT2D eigenvalue weighted by atomic mass is 35.5. The zero-order chi connectivity index (χ0) is 13.2. The quantitative estimate of drug-likeness (QED) is 0.880. The molecule has 0 atom stereocenters. The Morgan fingerprint density at radius 3 is 2.35 bits per heavy atom. The molecule has 1 aromatic rings. The van der Waals surface area contributed by atoms with Gasteiger partial charge in [0.05, 0.1) is 5.54 Å². The molecule has 1 N–H and O–H groups in total. The Hall–Kier alpha value is -0.930. The average molecular weight is 275 g/mol. The normalized spacial score (nSPS) is 11.2. The first-order chi connectivity index (χ1) is 7.74. The van der Waals surface area contributed by atoms with Crippen LogP contribution in [0.1, 0.15) is 19.4 Å². The van der Waals surface area contributed by atoms with Crippen LogP contribution in [-0.2, 0) is 5.54 Å². The van der Waals surface area contributed by atoms with Gasteiger partial charge in [0.25, 0.3) is 0 Å². The number of rotatable bonds is 2. The van der Waals surface area contributed by atoms with E-state index in [1.165, 1.54) is 4.90 Å². The van der Waals surface area contributed by atoms with Crippen LogP contribution in [-0.4, -0.2) is 25.0 Å². The standard InChI is InChI=1S/C12H16Cl2N2O/c1-12(2,15-11(17)16(3)4)9-6-5-8(13)7-10(9)14/h5-7H,1-4H3,(H,15,17). The van der Waals surface area contributed by atoms with E-state index in [0.29, 0.717) is 10.0 Å². The Kier molecular flexibility index (Phi) is 4.28. The van der Waals surface area contributed by atoms with Crippen molar-refractivity contribution in [3.63, 3.8) is 0 Å². The molecule has 0 heterocycles. The summed E-state index contributed by atoms with van der Waals surface area (Å²) < 4.78 is 0. The van der Waals surface area contributed by atoms with Crippen molar-refractivity contribution >= 4 is 29.2 Å². The molecule has 94 valence electrons. The summed E-state index contributed by atoms with van der Waals surface area (Å²) in [5.74, 6) is 0. The van der Waals surface area contributed by atoms with Crippen LogP contribution in [0.15, 0.2) is 18.2 Å². The molecule has 0 aliphatic heterocycles. The van der Waals surface area contributed by atoms with Gasteiger partial charge >= 0.3 is 6.03 Å². The van der Waals surface area contributed by atoms with E-state index in [4.69, 9.17) is 23.2 Å². The molecule has 3 nitrogen and oxygen atoms in total. The molecule has 0 radical (unpaired) electrons. The molecule has 0 spiro atoms. The molecule has 0 saturated heterocycles. The fourth-order valence-electron chi connectivity index (χ4n) is 1.44. The largest absolute Gasteiger partial charge is 0.331 e. The predicted molar refractivity (Wildman–Crippen MR) is 71.7 cm³/mol. The maximum Gasteiger partial charge on any atom is 0.317 e. The first-order valence-corrected chi connectivity index (χ1v) is 5.94. The lowest BCUT2D eigenvalue weighted by atomic mass is 9.94. The molecule has 2 amide bonds. The van der Waals surface area contributed by atoms with Gasteiger partial charge in [-0.1, -0.05) is 29.3 Å². The van der Waals surface area contributed by atoms with E-state index in [1.54, 1.807) is 26.2 Å². The number of carbonyl (C=O) groups excluding carboxylic acids is 1. The average Bonchev–Trinajstić information content (AvgIpc) is 2.15. The van der Waals surface area contributed by atoms with Gasteiger partial charge in [-0.05, 0) is 31.5 Å². The van der Waals surface area contributed by atoms with Crippen molar-refractivity contribution in [2.75, 3.05) is 14.1 Å². The van der Waals surface area contributed by atoms with Crippen LogP contribution in [0.25, 0.3) is 0 Å². The van der Waals surface area contributed by atoms with Gasteiger partial charge in [-0.15, -0.1) is 0 Å². The molecule has 0 fully saturated rings. The molecule has 0 bridgehead atoms. The zero-order valence-electron chi connectivity index (χ0n) is 10.3. The van der Waals surface area contributed by atoms with E-state index in [1.807, 2.05) is 19.9 Å². The van der Waals surface area contributed by atoms with E-state index >= 15 is 0 Å². The second kappa shape index (κ2) is 5.15. The Bertz CT molecular complexity index is 431. The van der Waals surface area contributed by atoms with E-state index < -0.39 is 5.54 Å². The first kappa shape index (κ1) is 14.1. The highest BCUT2D eigenvalue weighted by Gasteiger charge is 2.25. The van der Waals surface area contributed by atoms with Crippen LogP contribution in [0.4, 0.5) is 4.79 Å². The van der Waals surface area contributed by atoms with Gasteiger partial charge in [0.2, 0.25) is 0 Å². The fraction of sp³-hybridized carbons (Fsp3) is 0.417. The van der Waals surface area contributed by atoms with Gasteiger partial charge in [0.1, 0.15) is 0 Å². The van der Waals surface area contributed by atoms with Crippen molar-refractivity contribution in [1.82, 2.24) is 10.2 Å². The Morgan fingerprint density at radius 1 is 1.29 bits per heavy atom. The minimum atomic E-state index is -0.553. The van der Waals surface area contributed by atoms with E-state index in [2.05, 4.69) is 5.32 Å². The van der Waals surface area contributed by atoms with Crippen LogP contribution in [0.2, 0.25) is 10.0 Å². The van der Waals surface area contributed by atoms with E-state index in [-0.39, 0.29) is 6.03 Å². The van der Waals surface area contributed by atoms with Crippen molar-refractivity contribution in [2.24, 2.45) is 0 Å². The highest BCUT2D eigenvalue weighted by molar-refractivity contribution is 6.35. The lowest BCUT2D eigenvalue weighted by Crippen LogP contribution is -2.46. The van der Waals surface area contributed by atoms with Gasteiger partial charge in [0, 0.05) is 24.1 Å². The van der Waals surface area contributed by atoms with E-state index in [9.17, 15) is 4.79 Å². The number of urea groups is 1. The molecule has 0 unspecified atom stereocenters. The minimum Gasteiger partial charge on any atom is -0.331 e. The van der Waals surface area contributed by atoms with Crippen molar-refractivity contribution in [2.45, 2.75) is 19.4 Å².